The summed E-state index contributed by atoms with van der Waals surface area (Å²) in [6.45, 7) is 3.31. The Morgan fingerprint density at radius 2 is 1.93 bits per heavy atom. The Morgan fingerprint density at radius 3 is 2.33 bits per heavy atom. The van der Waals surface area contributed by atoms with Crippen molar-refractivity contribution < 1.29 is 14.4 Å². The average Bonchev–Trinajstić information content (AvgIpc) is 2.14. The van der Waals surface area contributed by atoms with E-state index >= 15 is 0 Å². The zero-order valence-corrected chi connectivity index (χ0v) is 8.82. The Hall–Kier alpha value is -1.43. The van der Waals surface area contributed by atoms with Crippen LogP contribution in [0.4, 0.5) is 0 Å². The van der Waals surface area contributed by atoms with Gasteiger partial charge < -0.3 is 0 Å². The van der Waals surface area contributed by atoms with Gasteiger partial charge in [-0.2, -0.15) is 0 Å². The molecule has 1 aliphatic rings. The molecule has 3 amide bonds. The summed E-state index contributed by atoms with van der Waals surface area (Å²) in [5.41, 5.74) is 1.93. The van der Waals surface area contributed by atoms with Gasteiger partial charge in [-0.25, -0.2) is 5.84 Å². The third-order valence-electron chi connectivity index (χ3n) is 2.49. The van der Waals surface area contributed by atoms with Gasteiger partial charge in [0.1, 0.15) is 6.04 Å². The van der Waals surface area contributed by atoms with E-state index < -0.39 is 11.9 Å². The molecule has 1 atom stereocenters. The van der Waals surface area contributed by atoms with Gasteiger partial charge in [0, 0.05) is 12.8 Å². The monoisotopic (exact) mass is 213 g/mol. The van der Waals surface area contributed by atoms with Crippen molar-refractivity contribution in [3.8, 4) is 0 Å². The molecule has 6 heteroatoms. The van der Waals surface area contributed by atoms with Crippen LogP contribution in [0, 0.1) is 5.92 Å². The number of nitrogens with one attached hydrogen (secondary N) is 1. The van der Waals surface area contributed by atoms with E-state index in [1.807, 2.05) is 12.3 Å². The van der Waals surface area contributed by atoms with E-state index in [4.69, 9.17) is 5.84 Å². The Labute approximate surface area is 87.8 Å². The van der Waals surface area contributed by atoms with Gasteiger partial charge >= 0.3 is 0 Å². The SMILES string of the molecule is CC1CC(=O)N(C(C)C(=O)NN)C(=O)C1. The standard InChI is InChI=1S/C9H15N3O3/c1-5-3-7(13)12(8(14)4-5)6(2)9(15)11-10/h5-6H,3-4,10H2,1-2H3,(H,11,15). The number of rotatable bonds is 2. The van der Waals surface area contributed by atoms with Crippen molar-refractivity contribution in [1.82, 2.24) is 10.3 Å². The maximum absolute atomic E-state index is 11.6. The second kappa shape index (κ2) is 4.39. The number of imide groups is 1. The highest BCUT2D eigenvalue weighted by molar-refractivity contribution is 6.02. The summed E-state index contributed by atoms with van der Waals surface area (Å²) in [5, 5.41) is 0. The number of hydrazine groups is 1. The summed E-state index contributed by atoms with van der Waals surface area (Å²) in [7, 11) is 0. The van der Waals surface area contributed by atoms with Crippen molar-refractivity contribution in [1.29, 1.82) is 0 Å². The summed E-state index contributed by atoms with van der Waals surface area (Å²) in [6.07, 6.45) is 0.599. The van der Waals surface area contributed by atoms with Gasteiger partial charge in [0.2, 0.25) is 11.8 Å². The first-order valence-electron chi connectivity index (χ1n) is 4.82. The second-order valence-electron chi connectivity index (χ2n) is 3.86. The molecule has 0 aliphatic carbocycles. The quantitative estimate of drug-likeness (QED) is 0.270. The molecular formula is C9H15N3O3. The smallest absolute Gasteiger partial charge is 0.256 e. The number of amides is 3. The summed E-state index contributed by atoms with van der Waals surface area (Å²) in [4.78, 5) is 35.3. The zero-order chi connectivity index (χ0) is 11.6. The molecule has 0 radical (unpaired) electrons. The number of piperidine rings is 1. The zero-order valence-electron chi connectivity index (χ0n) is 8.82. The number of carbonyl (C=O) groups excluding carboxylic acids is 3. The minimum Gasteiger partial charge on any atom is -0.292 e. The molecule has 84 valence electrons. The summed E-state index contributed by atoms with van der Waals surface area (Å²) in [5.74, 6) is 3.84. The van der Waals surface area contributed by atoms with Crippen LogP contribution in [0.5, 0.6) is 0 Å². The molecule has 0 spiro atoms. The first kappa shape index (κ1) is 11.6. The van der Waals surface area contributed by atoms with Crippen molar-refractivity contribution in [2.45, 2.75) is 32.7 Å². The molecular weight excluding hydrogens is 198 g/mol. The van der Waals surface area contributed by atoms with Crippen LogP contribution in [-0.4, -0.2) is 28.7 Å². The van der Waals surface area contributed by atoms with Gasteiger partial charge in [0.05, 0.1) is 0 Å². The first-order chi connectivity index (χ1) is 6.97. The molecule has 15 heavy (non-hydrogen) atoms. The lowest BCUT2D eigenvalue weighted by molar-refractivity contribution is -0.155. The van der Waals surface area contributed by atoms with E-state index in [0.717, 1.165) is 4.90 Å². The van der Waals surface area contributed by atoms with Gasteiger partial charge in [-0.05, 0) is 12.8 Å². The molecule has 1 fully saturated rings. The Kier molecular flexibility index (Phi) is 3.41. The van der Waals surface area contributed by atoms with Crippen molar-refractivity contribution >= 4 is 17.7 Å². The Bertz CT molecular complexity index is 285. The van der Waals surface area contributed by atoms with Crippen molar-refractivity contribution in [2.75, 3.05) is 0 Å². The summed E-state index contributed by atoms with van der Waals surface area (Å²) < 4.78 is 0. The maximum atomic E-state index is 11.6. The van der Waals surface area contributed by atoms with E-state index in [2.05, 4.69) is 0 Å². The van der Waals surface area contributed by atoms with Crippen LogP contribution in [0.2, 0.25) is 0 Å². The average molecular weight is 213 g/mol. The highest BCUT2D eigenvalue weighted by Crippen LogP contribution is 2.20. The van der Waals surface area contributed by atoms with Crippen LogP contribution in [-0.2, 0) is 14.4 Å². The largest absolute Gasteiger partial charge is 0.292 e. The molecule has 1 unspecified atom stereocenters. The minimum atomic E-state index is -0.831. The highest BCUT2D eigenvalue weighted by Gasteiger charge is 2.36. The molecule has 1 heterocycles. The number of nitrogens with zero attached hydrogens (tertiary/aromatic N) is 1. The van der Waals surface area contributed by atoms with Crippen LogP contribution in [0.3, 0.4) is 0 Å². The lowest BCUT2D eigenvalue weighted by Crippen LogP contribution is -2.54. The fourth-order valence-corrected chi connectivity index (χ4v) is 1.67. The molecule has 0 bridgehead atoms. The molecule has 1 saturated heterocycles. The van der Waals surface area contributed by atoms with Crippen LogP contribution >= 0.6 is 0 Å². The summed E-state index contributed by atoms with van der Waals surface area (Å²) >= 11 is 0. The van der Waals surface area contributed by atoms with Gasteiger partial charge in [0.25, 0.3) is 5.91 Å². The van der Waals surface area contributed by atoms with Crippen molar-refractivity contribution in [2.24, 2.45) is 11.8 Å². The third kappa shape index (κ3) is 2.33. The Balaban J connectivity index is 2.80. The van der Waals surface area contributed by atoms with E-state index in [0.29, 0.717) is 12.8 Å². The normalized spacial score (nSPS) is 20.3. The lowest BCUT2D eigenvalue weighted by atomic mass is 9.96. The van der Waals surface area contributed by atoms with E-state index in [1.54, 1.807) is 0 Å². The van der Waals surface area contributed by atoms with Crippen molar-refractivity contribution in [3.63, 3.8) is 0 Å². The number of nitrogens with two attached hydrogens (primary N) is 1. The minimum absolute atomic E-state index is 0.0504. The summed E-state index contributed by atoms with van der Waals surface area (Å²) in [6, 6.07) is -0.831. The predicted molar refractivity (Wildman–Crippen MR) is 52.0 cm³/mol. The highest BCUT2D eigenvalue weighted by atomic mass is 16.2. The predicted octanol–water partition coefficient (Wildman–Crippen LogP) is -0.850. The van der Waals surface area contributed by atoms with Gasteiger partial charge in [0.15, 0.2) is 0 Å². The second-order valence-corrected chi connectivity index (χ2v) is 3.86. The number of hydrogen-bond acceptors (Lipinski definition) is 4. The molecule has 1 rings (SSSR count). The fourth-order valence-electron chi connectivity index (χ4n) is 1.67. The molecule has 1 aliphatic heterocycles. The van der Waals surface area contributed by atoms with Gasteiger partial charge in [-0.3, -0.25) is 24.7 Å². The number of carbonyl (C=O) groups is 3. The van der Waals surface area contributed by atoms with E-state index in [1.165, 1.54) is 6.92 Å². The molecule has 0 aromatic heterocycles. The lowest BCUT2D eigenvalue weighted by Gasteiger charge is -2.31. The van der Waals surface area contributed by atoms with E-state index in [-0.39, 0.29) is 17.7 Å². The first-order valence-corrected chi connectivity index (χ1v) is 4.82. The molecule has 0 aromatic rings. The van der Waals surface area contributed by atoms with E-state index in [9.17, 15) is 14.4 Å². The number of hydrogen-bond donors (Lipinski definition) is 2. The van der Waals surface area contributed by atoms with Crippen LogP contribution in [0.1, 0.15) is 26.7 Å². The number of likely N-dealkylation sites (tertiary alicyclic amines) is 1. The Morgan fingerprint density at radius 1 is 1.47 bits per heavy atom. The van der Waals surface area contributed by atoms with Crippen LogP contribution in [0.15, 0.2) is 0 Å². The van der Waals surface area contributed by atoms with Gasteiger partial charge in [-0.15, -0.1) is 0 Å². The topological polar surface area (TPSA) is 92.5 Å². The van der Waals surface area contributed by atoms with Crippen LogP contribution in [0.25, 0.3) is 0 Å². The fraction of sp³-hybridized carbons (Fsp3) is 0.667. The van der Waals surface area contributed by atoms with Crippen LogP contribution < -0.4 is 11.3 Å². The molecule has 0 aromatic carbocycles. The van der Waals surface area contributed by atoms with Crippen molar-refractivity contribution in [3.05, 3.63) is 0 Å². The third-order valence-corrected chi connectivity index (χ3v) is 2.49. The molecule has 6 nitrogen and oxygen atoms in total. The molecule has 3 N–H and O–H groups in total. The van der Waals surface area contributed by atoms with Gasteiger partial charge in [-0.1, -0.05) is 6.92 Å². The maximum Gasteiger partial charge on any atom is 0.256 e. The molecule has 0 saturated carbocycles.